The molecule has 12 rings (SSSR count). The third kappa shape index (κ3) is 8.81. The highest BCUT2D eigenvalue weighted by Gasteiger charge is 2.18. The summed E-state index contributed by atoms with van der Waals surface area (Å²) < 4.78 is 0. The predicted molar refractivity (Wildman–Crippen MR) is 271 cm³/mol. The molecule has 0 bridgehead atoms. The molecule has 0 amide bonds. The number of allylic oxidation sites excluding steroid dienone is 2. The maximum absolute atomic E-state index is 4.26. The van der Waals surface area contributed by atoms with Gasteiger partial charge in [0.2, 0.25) is 0 Å². The van der Waals surface area contributed by atoms with Gasteiger partial charge in [-0.05, 0) is 143 Å². The van der Waals surface area contributed by atoms with Crippen LogP contribution in [0.2, 0.25) is 0 Å². The standard InChI is InChI=1S/C16H14.C16H12.C16H14.C15H12/c2*1-12-15-8-4-2-6-13(15)10-11-14-7-3-5-9-16(12)14;1-12-10-13-6-2-3-7-14(13)11-15-8-4-5-9-16(12)15;1-11-10-12-6-2-3-8-14(12)15-9-5-4-7-13(11)15/h2-9H,1,10-11H2;2-11H,1H2;2-9H,1,10-11H2;2-9H,1,10H2. The minimum absolute atomic E-state index is 0.979. The van der Waals surface area contributed by atoms with Crippen molar-refractivity contribution in [3.63, 3.8) is 0 Å². The van der Waals surface area contributed by atoms with Crippen LogP contribution in [0.15, 0.2) is 220 Å². The highest BCUT2D eigenvalue weighted by atomic mass is 14.2. The number of rotatable bonds is 0. The third-order valence-corrected chi connectivity index (χ3v) is 12.7. The minimum Gasteiger partial charge on any atom is -0.0949 e. The van der Waals surface area contributed by atoms with Crippen molar-refractivity contribution in [3.05, 3.63) is 298 Å². The highest BCUT2D eigenvalue weighted by Crippen LogP contribution is 2.38. The van der Waals surface area contributed by atoms with Crippen LogP contribution in [0.3, 0.4) is 0 Å². The number of aryl methyl sites for hydroxylation is 2. The van der Waals surface area contributed by atoms with Gasteiger partial charge in [0.25, 0.3) is 0 Å². The summed E-state index contributed by atoms with van der Waals surface area (Å²) in [6.45, 7) is 16.8. The number of benzene rings is 8. The van der Waals surface area contributed by atoms with Gasteiger partial charge in [-0.1, -0.05) is 233 Å². The van der Waals surface area contributed by atoms with E-state index in [0.717, 1.165) is 37.7 Å². The molecule has 0 aliphatic heterocycles. The fourth-order valence-electron chi connectivity index (χ4n) is 9.38. The van der Waals surface area contributed by atoms with Gasteiger partial charge in [-0.3, -0.25) is 0 Å². The Morgan fingerprint density at radius 2 is 0.556 bits per heavy atom. The van der Waals surface area contributed by atoms with Crippen LogP contribution < -0.4 is 0 Å². The van der Waals surface area contributed by atoms with Crippen molar-refractivity contribution >= 4 is 34.4 Å². The van der Waals surface area contributed by atoms with Crippen LogP contribution in [0.5, 0.6) is 0 Å². The van der Waals surface area contributed by atoms with Gasteiger partial charge in [-0.2, -0.15) is 0 Å². The summed E-state index contributed by atoms with van der Waals surface area (Å²) in [5.41, 5.74) is 26.1. The van der Waals surface area contributed by atoms with Crippen LogP contribution in [0.1, 0.15) is 77.9 Å². The molecule has 0 radical (unpaired) electrons. The molecule has 0 unspecified atom stereocenters. The molecule has 0 N–H and O–H groups in total. The van der Waals surface area contributed by atoms with Crippen molar-refractivity contribution in [1.82, 2.24) is 0 Å². The summed E-state index contributed by atoms with van der Waals surface area (Å²) in [4.78, 5) is 0. The first-order valence-electron chi connectivity index (χ1n) is 22.0. The minimum atomic E-state index is 0.979. The molecular weight excluding hydrogens is 757 g/mol. The molecule has 4 aliphatic rings. The van der Waals surface area contributed by atoms with E-state index < -0.39 is 0 Å². The van der Waals surface area contributed by atoms with Crippen LogP contribution in [-0.2, 0) is 32.1 Å². The zero-order valence-corrected chi connectivity index (χ0v) is 36.0. The van der Waals surface area contributed by atoms with Gasteiger partial charge < -0.3 is 0 Å². The van der Waals surface area contributed by atoms with Crippen LogP contribution in [0.4, 0.5) is 0 Å². The fraction of sp³-hybridized carbons (Fsp3) is 0.0794. The average molecular weight is 809 g/mol. The zero-order chi connectivity index (χ0) is 43.1. The zero-order valence-electron chi connectivity index (χ0n) is 36.0. The first kappa shape index (κ1) is 40.8. The lowest BCUT2D eigenvalue weighted by molar-refractivity contribution is 0.965. The van der Waals surface area contributed by atoms with Crippen LogP contribution >= 0.6 is 0 Å². The second-order valence-electron chi connectivity index (χ2n) is 16.6. The van der Waals surface area contributed by atoms with Gasteiger partial charge in [-0.25, -0.2) is 0 Å². The molecule has 63 heavy (non-hydrogen) atoms. The van der Waals surface area contributed by atoms with Gasteiger partial charge in [0.15, 0.2) is 0 Å². The van der Waals surface area contributed by atoms with E-state index in [-0.39, 0.29) is 0 Å². The Labute approximate surface area is 374 Å². The average Bonchev–Trinajstić information content (AvgIpc) is 3.66. The van der Waals surface area contributed by atoms with Crippen molar-refractivity contribution in [2.45, 2.75) is 32.1 Å². The van der Waals surface area contributed by atoms with E-state index in [1.807, 2.05) is 0 Å². The molecule has 8 aromatic carbocycles. The lowest BCUT2D eigenvalue weighted by atomic mass is 9.83. The molecular formula is C63H52. The SMILES string of the molecule is C=C1Cc2ccccc2-c2ccccc21.C=C1Cc2ccccc2Cc2ccccc21.C=C1c2ccccc2C=Cc2ccccc21.C=C1c2ccccc2CCc2ccccc21. The molecule has 8 aromatic rings. The van der Waals surface area contributed by atoms with E-state index in [9.17, 15) is 0 Å². The third-order valence-electron chi connectivity index (χ3n) is 12.7. The lowest BCUT2D eigenvalue weighted by Gasteiger charge is -2.21. The van der Waals surface area contributed by atoms with Crippen molar-refractivity contribution in [2.24, 2.45) is 0 Å². The molecule has 0 heteroatoms. The smallest absolute Gasteiger partial charge is 0.00169 e. The molecule has 0 saturated carbocycles. The van der Waals surface area contributed by atoms with E-state index in [0.29, 0.717) is 0 Å². The fourth-order valence-corrected chi connectivity index (χ4v) is 9.38. The quantitative estimate of drug-likeness (QED) is 0.143. The second-order valence-corrected chi connectivity index (χ2v) is 16.6. The van der Waals surface area contributed by atoms with Crippen molar-refractivity contribution in [2.75, 3.05) is 0 Å². The molecule has 0 aromatic heterocycles. The van der Waals surface area contributed by atoms with Crippen LogP contribution in [0.25, 0.3) is 45.6 Å². The Bertz CT molecular complexity index is 2950. The van der Waals surface area contributed by atoms with Gasteiger partial charge in [0.1, 0.15) is 0 Å². The molecule has 0 atom stereocenters. The van der Waals surface area contributed by atoms with Crippen molar-refractivity contribution in [3.8, 4) is 11.1 Å². The summed E-state index contributed by atoms with van der Waals surface area (Å²) in [6.07, 6.45) is 9.54. The highest BCUT2D eigenvalue weighted by molar-refractivity contribution is 5.93. The molecule has 0 spiro atoms. The van der Waals surface area contributed by atoms with Crippen molar-refractivity contribution in [1.29, 1.82) is 0 Å². The Hall–Kier alpha value is -7.54. The maximum atomic E-state index is 4.26. The summed E-state index contributed by atoms with van der Waals surface area (Å²) in [7, 11) is 0. The van der Waals surface area contributed by atoms with Gasteiger partial charge in [-0.15, -0.1) is 0 Å². The largest absolute Gasteiger partial charge is 0.0949 e. The van der Waals surface area contributed by atoms with Gasteiger partial charge in [0, 0.05) is 0 Å². The second kappa shape index (κ2) is 18.6. The number of fused-ring (bicyclic) bond motifs is 9. The van der Waals surface area contributed by atoms with E-state index in [2.05, 4.69) is 233 Å². The summed E-state index contributed by atoms with van der Waals surface area (Å²) >= 11 is 0. The monoisotopic (exact) mass is 808 g/mol. The van der Waals surface area contributed by atoms with Crippen LogP contribution in [0, 0.1) is 0 Å². The first-order chi connectivity index (χ1) is 30.9. The van der Waals surface area contributed by atoms with Gasteiger partial charge in [0.05, 0.1) is 0 Å². The van der Waals surface area contributed by atoms with E-state index in [1.54, 1.807) is 0 Å². The summed E-state index contributed by atoms with van der Waals surface area (Å²) in [5, 5.41) is 0. The molecule has 304 valence electrons. The number of hydrogen-bond donors (Lipinski definition) is 0. The molecule has 0 fully saturated rings. The topological polar surface area (TPSA) is 0 Å². The van der Waals surface area contributed by atoms with E-state index in [4.69, 9.17) is 0 Å². The van der Waals surface area contributed by atoms with Gasteiger partial charge >= 0.3 is 0 Å². The molecule has 0 heterocycles. The Morgan fingerprint density at radius 3 is 1.10 bits per heavy atom. The molecule has 0 nitrogen and oxygen atoms in total. The van der Waals surface area contributed by atoms with E-state index >= 15 is 0 Å². The maximum Gasteiger partial charge on any atom is -0.00169 e. The Morgan fingerprint density at radius 1 is 0.238 bits per heavy atom. The number of hydrogen-bond acceptors (Lipinski definition) is 0. The lowest BCUT2D eigenvalue weighted by Crippen LogP contribution is -2.01. The summed E-state index contributed by atoms with van der Waals surface area (Å²) in [5.74, 6) is 0. The van der Waals surface area contributed by atoms with E-state index in [1.165, 1.54) is 106 Å². The Kier molecular flexibility index (Phi) is 12.1. The summed E-state index contributed by atoms with van der Waals surface area (Å²) in [6, 6.07) is 68.3. The van der Waals surface area contributed by atoms with Crippen LogP contribution in [-0.4, -0.2) is 0 Å². The Balaban J connectivity index is 0.000000107. The molecule has 4 aliphatic carbocycles. The predicted octanol–water partition coefficient (Wildman–Crippen LogP) is 15.8. The van der Waals surface area contributed by atoms with Crippen molar-refractivity contribution < 1.29 is 0 Å². The first-order valence-corrected chi connectivity index (χ1v) is 22.0. The molecule has 0 saturated heterocycles. The normalized spacial score (nSPS) is 13.5.